The molecule has 100 valence electrons. The average Bonchev–Trinajstić information content (AvgIpc) is 2.49. The van der Waals surface area contributed by atoms with Gasteiger partial charge in [0.2, 0.25) is 0 Å². The molecule has 1 heterocycles. The van der Waals surface area contributed by atoms with E-state index in [0.29, 0.717) is 6.04 Å². The summed E-state index contributed by atoms with van der Waals surface area (Å²) in [4.78, 5) is 0. The zero-order valence-corrected chi connectivity index (χ0v) is 11.6. The van der Waals surface area contributed by atoms with Crippen molar-refractivity contribution in [3.05, 3.63) is 60.2 Å². The fraction of sp³-hybridized carbons (Fsp3) is 0.250. The second-order valence-electron chi connectivity index (χ2n) is 4.70. The third-order valence-electron chi connectivity index (χ3n) is 3.44. The van der Waals surface area contributed by atoms with Crippen LogP contribution in [-0.4, -0.2) is 19.6 Å². The number of rotatable bonds is 2. The predicted octanol–water partition coefficient (Wildman–Crippen LogP) is 3.01. The lowest BCUT2D eigenvalue weighted by Crippen LogP contribution is -2.42. The SMILES string of the molecule is Cl.c1ccc(-c2cccc([C@H]3CNCCN3)c2)cc1. The molecule has 0 unspecified atom stereocenters. The van der Waals surface area contributed by atoms with Crippen LogP contribution in [0.15, 0.2) is 54.6 Å². The van der Waals surface area contributed by atoms with Gasteiger partial charge in [0, 0.05) is 25.7 Å². The van der Waals surface area contributed by atoms with Crippen molar-refractivity contribution in [3.8, 4) is 11.1 Å². The van der Waals surface area contributed by atoms with Crippen molar-refractivity contribution in [2.24, 2.45) is 0 Å². The molecule has 0 saturated carbocycles. The maximum atomic E-state index is 3.55. The monoisotopic (exact) mass is 274 g/mol. The van der Waals surface area contributed by atoms with Crippen molar-refractivity contribution in [3.63, 3.8) is 0 Å². The highest BCUT2D eigenvalue weighted by molar-refractivity contribution is 5.85. The summed E-state index contributed by atoms with van der Waals surface area (Å²) in [6.45, 7) is 3.12. The molecule has 3 rings (SSSR count). The molecule has 0 aromatic heterocycles. The standard InChI is InChI=1S/C16H18N2.ClH/c1-2-5-13(6-3-1)14-7-4-8-15(11-14)16-12-17-9-10-18-16;/h1-8,11,16-18H,9-10,12H2;1H/t16-;/m1./s1. The summed E-state index contributed by atoms with van der Waals surface area (Å²) < 4.78 is 0. The number of piperazine rings is 1. The van der Waals surface area contributed by atoms with E-state index in [-0.39, 0.29) is 12.4 Å². The summed E-state index contributed by atoms with van der Waals surface area (Å²) in [5, 5.41) is 6.98. The van der Waals surface area contributed by atoms with Crippen LogP contribution in [0.25, 0.3) is 11.1 Å². The van der Waals surface area contributed by atoms with Gasteiger partial charge in [-0.1, -0.05) is 48.5 Å². The number of halogens is 1. The van der Waals surface area contributed by atoms with E-state index in [9.17, 15) is 0 Å². The van der Waals surface area contributed by atoms with Gasteiger partial charge in [0.15, 0.2) is 0 Å². The smallest absolute Gasteiger partial charge is 0.0447 e. The molecule has 0 spiro atoms. The molecule has 0 aliphatic carbocycles. The van der Waals surface area contributed by atoms with Gasteiger partial charge in [-0.2, -0.15) is 0 Å². The van der Waals surface area contributed by atoms with E-state index < -0.39 is 0 Å². The highest BCUT2D eigenvalue weighted by Crippen LogP contribution is 2.23. The third kappa shape index (κ3) is 3.35. The van der Waals surface area contributed by atoms with Gasteiger partial charge in [0.25, 0.3) is 0 Å². The molecule has 2 aromatic carbocycles. The molecule has 2 nitrogen and oxygen atoms in total. The number of hydrogen-bond acceptors (Lipinski definition) is 2. The molecule has 0 radical (unpaired) electrons. The average molecular weight is 275 g/mol. The van der Waals surface area contributed by atoms with Gasteiger partial charge in [-0.3, -0.25) is 0 Å². The van der Waals surface area contributed by atoms with Crippen LogP contribution >= 0.6 is 12.4 Å². The molecule has 1 aliphatic heterocycles. The molecule has 0 bridgehead atoms. The molecule has 19 heavy (non-hydrogen) atoms. The van der Waals surface area contributed by atoms with E-state index >= 15 is 0 Å². The summed E-state index contributed by atoms with van der Waals surface area (Å²) in [5.74, 6) is 0. The second-order valence-corrected chi connectivity index (χ2v) is 4.70. The van der Waals surface area contributed by atoms with Crippen LogP contribution in [0.1, 0.15) is 11.6 Å². The minimum absolute atomic E-state index is 0. The minimum atomic E-state index is 0. The molecule has 1 atom stereocenters. The largest absolute Gasteiger partial charge is 0.314 e. The lowest BCUT2D eigenvalue weighted by Gasteiger charge is -2.25. The first-order valence-electron chi connectivity index (χ1n) is 6.53. The Labute approximate surface area is 120 Å². The van der Waals surface area contributed by atoms with Crippen molar-refractivity contribution in [1.82, 2.24) is 10.6 Å². The molecule has 2 aromatic rings. The Balaban J connectivity index is 0.00000133. The lowest BCUT2D eigenvalue weighted by molar-refractivity contribution is 0.430. The van der Waals surface area contributed by atoms with Gasteiger partial charge in [-0.05, 0) is 22.8 Å². The van der Waals surface area contributed by atoms with E-state index in [1.165, 1.54) is 16.7 Å². The first kappa shape index (κ1) is 14.1. The maximum Gasteiger partial charge on any atom is 0.0447 e. The Hall–Kier alpha value is -1.35. The van der Waals surface area contributed by atoms with Gasteiger partial charge >= 0.3 is 0 Å². The van der Waals surface area contributed by atoms with Gasteiger partial charge in [0.05, 0.1) is 0 Å². The highest BCUT2D eigenvalue weighted by atomic mass is 35.5. The molecule has 2 N–H and O–H groups in total. The molecular weight excluding hydrogens is 256 g/mol. The van der Waals surface area contributed by atoms with E-state index in [0.717, 1.165) is 19.6 Å². The van der Waals surface area contributed by atoms with Crippen molar-refractivity contribution in [2.75, 3.05) is 19.6 Å². The van der Waals surface area contributed by atoms with E-state index in [1.54, 1.807) is 0 Å². The van der Waals surface area contributed by atoms with Crippen LogP contribution in [0.3, 0.4) is 0 Å². The maximum absolute atomic E-state index is 3.55. The van der Waals surface area contributed by atoms with E-state index in [2.05, 4.69) is 65.2 Å². The van der Waals surface area contributed by atoms with Crippen LogP contribution in [0.5, 0.6) is 0 Å². The van der Waals surface area contributed by atoms with Crippen molar-refractivity contribution < 1.29 is 0 Å². The van der Waals surface area contributed by atoms with Crippen LogP contribution in [-0.2, 0) is 0 Å². The second kappa shape index (κ2) is 6.71. The summed E-state index contributed by atoms with van der Waals surface area (Å²) >= 11 is 0. The molecule has 3 heteroatoms. The topological polar surface area (TPSA) is 24.1 Å². The Morgan fingerprint density at radius 3 is 2.37 bits per heavy atom. The number of nitrogens with one attached hydrogen (secondary N) is 2. The van der Waals surface area contributed by atoms with Gasteiger partial charge in [0.1, 0.15) is 0 Å². The Kier molecular flexibility index (Phi) is 4.97. The number of hydrogen-bond donors (Lipinski definition) is 2. The summed E-state index contributed by atoms with van der Waals surface area (Å²) in [6, 6.07) is 19.8. The molecule has 1 saturated heterocycles. The quantitative estimate of drug-likeness (QED) is 0.880. The number of benzene rings is 2. The van der Waals surface area contributed by atoms with E-state index in [1.807, 2.05) is 0 Å². The molecule has 1 fully saturated rings. The van der Waals surface area contributed by atoms with Crippen LogP contribution in [0.2, 0.25) is 0 Å². The van der Waals surface area contributed by atoms with Crippen molar-refractivity contribution in [2.45, 2.75) is 6.04 Å². The van der Waals surface area contributed by atoms with Crippen molar-refractivity contribution >= 4 is 12.4 Å². The first-order chi connectivity index (χ1) is 8.93. The minimum Gasteiger partial charge on any atom is -0.314 e. The van der Waals surface area contributed by atoms with Crippen LogP contribution in [0.4, 0.5) is 0 Å². The normalized spacial score (nSPS) is 18.6. The summed E-state index contributed by atoms with van der Waals surface area (Å²) in [5.41, 5.74) is 3.94. The fourth-order valence-electron chi connectivity index (χ4n) is 2.45. The zero-order chi connectivity index (χ0) is 12.2. The lowest BCUT2D eigenvalue weighted by atomic mass is 9.99. The highest BCUT2D eigenvalue weighted by Gasteiger charge is 2.14. The summed E-state index contributed by atoms with van der Waals surface area (Å²) in [7, 11) is 0. The molecule has 1 aliphatic rings. The fourth-order valence-corrected chi connectivity index (χ4v) is 2.45. The van der Waals surface area contributed by atoms with E-state index in [4.69, 9.17) is 0 Å². The van der Waals surface area contributed by atoms with Crippen LogP contribution in [0, 0.1) is 0 Å². The van der Waals surface area contributed by atoms with Crippen LogP contribution < -0.4 is 10.6 Å². The Morgan fingerprint density at radius 1 is 0.842 bits per heavy atom. The first-order valence-corrected chi connectivity index (χ1v) is 6.53. The molecule has 0 amide bonds. The molecular formula is C16H19ClN2. The van der Waals surface area contributed by atoms with Gasteiger partial charge in [-0.25, -0.2) is 0 Å². The van der Waals surface area contributed by atoms with Gasteiger partial charge in [-0.15, -0.1) is 12.4 Å². The van der Waals surface area contributed by atoms with Gasteiger partial charge < -0.3 is 10.6 Å². The summed E-state index contributed by atoms with van der Waals surface area (Å²) in [6.07, 6.45) is 0. The third-order valence-corrected chi connectivity index (χ3v) is 3.44. The Morgan fingerprint density at radius 2 is 1.63 bits per heavy atom. The predicted molar refractivity (Wildman–Crippen MR) is 82.7 cm³/mol. The van der Waals surface area contributed by atoms with Crippen molar-refractivity contribution in [1.29, 1.82) is 0 Å². The zero-order valence-electron chi connectivity index (χ0n) is 10.8. The Bertz CT molecular complexity index is 507.